The molecule has 10 heteroatoms. The van der Waals surface area contributed by atoms with Crippen LogP contribution in [0.4, 0.5) is 0 Å². The molecule has 1 amide bonds. The van der Waals surface area contributed by atoms with Crippen molar-refractivity contribution < 1.29 is 14.7 Å². The van der Waals surface area contributed by atoms with Crippen molar-refractivity contribution in [2.24, 2.45) is 0 Å². The highest BCUT2D eigenvalue weighted by Gasteiger charge is 2.50. The number of benzene rings is 2. The van der Waals surface area contributed by atoms with Crippen LogP contribution in [0, 0.1) is 0 Å². The standard InChI is InChI=1S/C28H31N7O3/c1-4-6-11-23-29-22-16-17-34(24(36)5-2)28(3,27(37)38)25(22)35(23)19-14-12-18(13-15-19)20-9-7-8-10-21(20)26-30-32-33-31-26/h7-10,12-15H,4-6,11,16-17H2,1-3H3,(H,37,38)(H,30,31,32,33). The average molecular weight is 514 g/mol. The molecule has 0 saturated carbocycles. The second-order valence-electron chi connectivity index (χ2n) is 9.62. The van der Waals surface area contributed by atoms with Gasteiger partial charge in [-0.05, 0) is 41.8 Å². The van der Waals surface area contributed by atoms with Gasteiger partial charge in [0.05, 0.1) is 11.4 Å². The van der Waals surface area contributed by atoms with Crippen molar-refractivity contribution in [2.75, 3.05) is 6.54 Å². The van der Waals surface area contributed by atoms with Crippen molar-refractivity contribution in [3.8, 4) is 28.2 Å². The average Bonchev–Trinajstić information content (AvgIpc) is 3.60. The van der Waals surface area contributed by atoms with Crippen LogP contribution in [0.5, 0.6) is 0 Å². The molecule has 38 heavy (non-hydrogen) atoms. The van der Waals surface area contributed by atoms with Gasteiger partial charge in [0.25, 0.3) is 0 Å². The zero-order valence-electron chi connectivity index (χ0n) is 21.8. The van der Waals surface area contributed by atoms with E-state index in [-0.39, 0.29) is 12.3 Å². The Labute approximate surface area is 220 Å². The summed E-state index contributed by atoms with van der Waals surface area (Å²) in [5.74, 6) is 0.0779. The Kier molecular flexibility index (Phi) is 6.79. The SMILES string of the molecule is CCCCc1nc2c(n1-c1ccc(-c3ccccc3-c3nn[nH]n3)cc1)C(C)(C(=O)O)N(C(=O)CC)CC2. The van der Waals surface area contributed by atoms with E-state index in [1.165, 1.54) is 4.90 Å². The van der Waals surface area contributed by atoms with E-state index < -0.39 is 11.5 Å². The first-order valence-electron chi connectivity index (χ1n) is 13.0. The monoisotopic (exact) mass is 513 g/mol. The summed E-state index contributed by atoms with van der Waals surface area (Å²) in [5, 5.41) is 24.9. The number of tetrazole rings is 1. The van der Waals surface area contributed by atoms with Gasteiger partial charge in [-0.15, -0.1) is 10.2 Å². The maximum absolute atomic E-state index is 12.9. The molecular weight excluding hydrogens is 482 g/mol. The number of aliphatic carboxylic acids is 1. The van der Waals surface area contributed by atoms with Gasteiger partial charge in [0.15, 0.2) is 5.54 Å². The fourth-order valence-corrected chi connectivity index (χ4v) is 5.32. The molecule has 1 aliphatic rings. The van der Waals surface area contributed by atoms with Crippen LogP contribution in [0.15, 0.2) is 48.5 Å². The van der Waals surface area contributed by atoms with Gasteiger partial charge in [0.1, 0.15) is 5.82 Å². The van der Waals surface area contributed by atoms with Gasteiger partial charge in [0.2, 0.25) is 11.7 Å². The number of rotatable bonds is 8. The van der Waals surface area contributed by atoms with E-state index in [1.807, 2.05) is 53.1 Å². The Hall–Kier alpha value is -4.34. The summed E-state index contributed by atoms with van der Waals surface area (Å²) in [6.07, 6.45) is 3.38. The number of aromatic nitrogens is 6. The molecule has 0 radical (unpaired) electrons. The summed E-state index contributed by atoms with van der Waals surface area (Å²) >= 11 is 0. The van der Waals surface area contributed by atoms with Crippen LogP contribution in [0.2, 0.25) is 0 Å². The normalized spacial score (nSPS) is 16.9. The highest BCUT2D eigenvalue weighted by atomic mass is 16.4. The van der Waals surface area contributed by atoms with E-state index in [4.69, 9.17) is 4.98 Å². The molecular formula is C28H31N7O3. The fraction of sp³-hybridized carbons (Fsp3) is 0.357. The summed E-state index contributed by atoms with van der Waals surface area (Å²) in [5.41, 5.74) is 3.35. The third kappa shape index (κ3) is 4.15. The number of imidazole rings is 1. The number of aromatic amines is 1. The van der Waals surface area contributed by atoms with Gasteiger partial charge in [-0.1, -0.05) is 56.7 Å². The number of amides is 1. The third-order valence-corrected chi connectivity index (χ3v) is 7.32. The van der Waals surface area contributed by atoms with Crippen molar-refractivity contribution in [2.45, 2.75) is 58.4 Å². The largest absolute Gasteiger partial charge is 0.479 e. The lowest BCUT2D eigenvalue weighted by Crippen LogP contribution is -2.56. The minimum Gasteiger partial charge on any atom is -0.479 e. The topological polar surface area (TPSA) is 130 Å². The van der Waals surface area contributed by atoms with E-state index in [0.717, 1.165) is 46.7 Å². The van der Waals surface area contributed by atoms with Gasteiger partial charge in [-0.2, -0.15) is 5.21 Å². The Morgan fingerprint density at radius 2 is 1.82 bits per heavy atom. The highest BCUT2D eigenvalue weighted by Crippen LogP contribution is 2.39. The molecule has 0 aliphatic carbocycles. The first-order chi connectivity index (χ1) is 18.4. The van der Waals surface area contributed by atoms with E-state index >= 15 is 0 Å². The number of hydrogen-bond acceptors (Lipinski definition) is 6. The number of unbranched alkanes of at least 4 members (excludes halogenated alkanes) is 1. The van der Waals surface area contributed by atoms with E-state index in [9.17, 15) is 14.7 Å². The molecule has 0 bridgehead atoms. The second-order valence-corrected chi connectivity index (χ2v) is 9.62. The second kappa shape index (κ2) is 10.2. The Morgan fingerprint density at radius 1 is 1.08 bits per heavy atom. The lowest BCUT2D eigenvalue weighted by molar-refractivity contribution is -0.160. The Bertz CT molecular complexity index is 1460. The van der Waals surface area contributed by atoms with Gasteiger partial charge in [-0.3, -0.25) is 9.36 Å². The summed E-state index contributed by atoms with van der Waals surface area (Å²) in [6.45, 7) is 5.83. The molecule has 2 aromatic carbocycles. The molecule has 5 rings (SSSR count). The quantitative estimate of drug-likeness (QED) is 0.362. The molecule has 4 aromatic rings. The molecule has 10 nitrogen and oxygen atoms in total. The first kappa shape index (κ1) is 25.3. The number of H-pyrrole nitrogens is 1. The third-order valence-electron chi connectivity index (χ3n) is 7.32. The molecule has 0 saturated heterocycles. The predicted octanol–water partition coefficient (Wildman–Crippen LogP) is 4.16. The van der Waals surface area contributed by atoms with Gasteiger partial charge < -0.3 is 10.0 Å². The van der Waals surface area contributed by atoms with Crippen LogP contribution in [0.3, 0.4) is 0 Å². The van der Waals surface area contributed by atoms with Crippen LogP contribution >= 0.6 is 0 Å². The first-order valence-corrected chi connectivity index (χ1v) is 13.0. The van der Waals surface area contributed by atoms with Gasteiger partial charge >= 0.3 is 5.97 Å². The zero-order valence-corrected chi connectivity index (χ0v) is 21.8. The lowest BCUT2D eigenvalue weighted by atomic mass is 9.88. The zero-order chi connectivity index (χ0) is 26.9. The highest BCUT2D eigenvalue weighted by molar-refractivity contribution is 5.88. The minimum absolute atomic E-state index is 0.183. The minimum atomic E-state index is -1.53. The van der Waals surface area contributed by atoms with Gasteiger partial charge in [0, 0.05) is 37.1 Å². The number of fused-ring (bicyclic) bond motifs is 1. The summed E-state index contributed by atoms with van der Waals surface area (Å²) in [4.78, 5) is 32.1. The molecule has 3 heterocycles. The van der Waals surface area contributed by atoms with Crippen LogP contribution in [-0.4, -0.2) is 58.6 Å². The summed E-state index contributed by atoms with van der Waals surface area (Å²) < 4.78 is 1.96. The number of carboxylic acids is 1. The van der Waals surface area contributed by atoms with Crippen molar-refractivity contribution >= 4 is 11.9 Å². The Balaban J connectivity index is 1.64. The molecule has 1 aliphatic heterocycles. The van der Waals surface area contributed by atoms with Crippen molar-refractivity contribution in [3.63, 3.8) is 0 Å². The number of carboxylic acid groups (broad SMARTS) is 1. The smallest absolute Gasteiger partial charge is 0.335 e. The number of carbonyl (C=O) groups excluding carboxylic acids is 1. The van der Waals surface area contributed by atoms with Gasteiger partial charge in [-0.25, -0.2) is 9.78 Å². The molecule has 1 atom stereocenters. The summed E-state index contributed by atoms with van der Waals surface area (Å²) in [7, 11) is 0. The van der Waals surface area contributed by atoms with Crippen LogP contribution < -0.4 is 0 Å². The maximum Gasteiger partial charge on any atom is 0.335 e. The lowest BCUT2D eigenvalue weighted by Gasteiger charge is -2.42. The number of aryl methyl sites for hydroxylation is 1. The van der Waals surface area contributed by atoms with E-state index in [1.54, 1.807) is 13.8 Å². The van der Waals surface area contributed by atoms with Crippen molar-refractivity contribution in [1.29, 1.82) is 0 Å². The van der Waals surface area contributed by atoms with Crippen LogP contribution in [0.1, 0.15) is 57.2 Å². The molecule has 0 spiro atoms. The van der Waals surface area contributed by atoms with E-state index in [2.05, 4.69) is 27.5 Å². The molecule has 2 aromatic heterocycles. The molecule has 196 valence electrons. The van der Waals surface area contributed by atoms with Crippen LogP contribution in [0.25, 0.3) is 28.2 Å². The molecule has 1 unspecified atom stereocenters. The number of nitrogens with one attached hydrogen (secondary N) is 1. The molecule has 0 fully saturated rings. The number of hydrogen-bond donors (Lipinski definition) is 2. The number of carbonyl (C=O) groups is 2. The van der Waals surface area contributed by atoms with Crippen molar-refractivity contribution in [3.05, 3.63) is 65.7 Å². The fourth-order valence-electron chi connectivity index (χ4n) is 5.32. The molecule has 2 N–H and O–H groups in total. The summed E-state index contributed by atoms with van der Waals surface area (Å²) in [6, 6.07) is 15.8. The predicted molar refractivity (Wildman–Crippen MR) is 141 cm³/mol. The maximum atomic E-state index is 12.9. The van der Waals surface area contributed by atoms with E-state index in [0.29, 0.717) is 30.9 Å². The Morgan fingerprint density at radius 3 is 2.45 bits per heavy atom. The number of nitrogens with zero attached hydrogens (tertiary/aromatic N) is 6. The van der Waals surface area contributed by atoms with Crippen molar-refractivity contribution in [1.82, 2.24) is 35.1 Å². The van der Waals surface area contributed by atoms with Crippen LogP contribution in [-0.2, 0) is 28.0 Å².